The van der Waals surface area contributed by atoms with Gasteiger partial charge in [0, 0.05) is 28.6 Å². The molecule has 0 fully saturated rings. The number of hydrogen-bond donors (Lipinski definition) is 0. The highest BCUT2D eigenvalue weighted by atomic mass is 16.5. The van der Waals surface area contributed by atoms with E-state index in [1.807, 2.05) is 19.1 Å². The zero-order valence-electron chi connectivity index (χ0n) is 14.8. The molecule has 0 unspecified atom stereocenters. The van der Waals surface area contributed by atoms with Crippen LogP contribution in [0.25, 0.3) is 11.0 Å². The molecular formula is C21H21NO4. The van der Waals surface area contributed by atoms with Crippen molar-refractivity contribution in [2.75, 3.05) is 6.73 Å². The second-order valence-electron chi connectivity index (χ2n) is 7.26. The topological polar surface area (TPSA) is 55.8 Å². The molecule has 2 aliphatic rings. The van der Waals surface area contributed by atoms with Crippen LogP contribution in [0.4, 0.5) is 0 Å². The van der Waals surface area contributed by atoms with Crippen molar-refractivity contribution in [1.29, 1.82) is 0 Å². The number of ether oxygens (including phenoxy) is 1. The number of nitrogens with zero attached hydrogens (tertiary/aromatic N) is 1. The molecule has 0 atom stereocenters. The van der Waals surface area contributed by atoms with E-state index in [2.05, 4.69) is 11.0 Å². The molecule has 26 heavy (non-hydrogen) atoms. The Morgan fingerprint density at radius 2 is 2.04 bits per heavy atom. The van der Waals surface area contributed by atoms with Gasteiger partial charge in [-0.3, -0.25) is 4.90 Å². The minimum absolute atomic E-state index is 0.175. The van der Waals surface area contributed by atoms with Gasteiger partial charge in [0.05, 0.1) is 12.8 Å². The highest BCUT2D eigenvalue weighted by molar-refractivity contribution is 5.87. The molecule has 134 valence electrons. The van der Waals surface area contributed by atoms with Crippen LogP contribution in [0.2, 0.25) is 0 Å². The summed E-state index contributed by atoms with van der Waals surface area (Å²) in [6, 6.07) is 6.05. The van der Waals surface area contributed by atoms with Gasteiger partial charge >= 0.3 is 5.63 Å². The van der Waals surface area contributed by atoms with E-state index >= 15 is 0 Å². The Morgan fingerprint density at radius 1 is 1.19 bits per heavy atom. The third-order valence-corrected chi connectivity index (χ3v) is 5.52. The van der Waals surface area contributed by atoms with Gasteiger partial charge in [-0.15, -0.1) is 0 Å². The van der Waals surface area contributed by atoms with Crippen LogP contribution in [0.15, 0.2) is 38.1 Å². The van der Waals surface area contributed by atoms with Gasteiger partial charge < -0.3 is 13.6 Å². The minimum Gasteiger partial charge on any atom is -0.477 e. The summed E-state index contributed by atoms with van der Waals surface area (Å²) in [6.07, 6.45) is 5.66. The number of furan rings is 1. The fourth-order valence-corrected chi connectivity index (χ4v) is 4.27. The van der Waals surface area contributed by atoms with Crippen molar-refractivity contribution in [3.8, 4) is 5.75 Å². The Hall–Kier alpha value is -2.53. The van der Waals surface area contributed by atoms with Crippen molar-refractivity contribution < 1.29 is 13.6 Å². The van der Waals surface area contributed by atoms with Crippen LogP contribution in [0.1, 0.15) is 40.9 Å². The first-order chi connectivity index (χ1) is 12.7. The molecule has 5 heteroatoms. The van der Waals surface area contributed by atoms with Crippen LogP contribution < -0.4 is 10.4 Å². The average Bonchev–Trinajstić information content (AvgIpc) is 3.16. The minimum atomic E-state index is -0.175. The molecule has 0 saturated heterocycles. The molecule has 0 radical (unpaired) electrons. The van der Waals surface area contributed by atoms with Crippen LogP contribution in [0, 0.1) is 6.92 Å². The Bertz CT molecular complexity index is 1030. The van der Waals surface area contributed by atoms with E-state index in [0.29, 0.717) is 18.9 Å². The second-order valence-corrected chi connectivity index (χ2v) is 7.26. The largest absolute Gasteiger partial charge is 0.477 e. The molecule has 5 nitrogen and oxygen atoms in total. The molecule has 0 spiro atoms. The molecule has 0 saturated carbocycles. The lowest BCUT2D eigenvalue weighted by molar-refractivity contribution is 0.0818. The zero-order valence-corrected chi connectivity index (χ0v) is 14.8. The molecule has 2 aromatic heterocycles. The Balaban J connectivity index is 1.60. The Kier molecular flexibility index (Phi) is 3.64. The van der Waals surface area contributed by atoms with Crippen molar-refractivity contribution in [3.05, 3.63) is 62.9 Å². The fourth-order valence-electron chi connectivity index (χ4n) is 4.27. The smallest absolute Gasteiger partial charge is 0.339 e. The average molecular weight is 351 g/mol. The van der Waals surface area contributed by atoms with Crippen molar-refractivity contribution in [3.63, 3.8) is 0 Å². The van der Waals surface area contributed by atoms with E-state index in [1.165, 1.54) is 5.56 Å². The van der Waals surface area contributed by atoms with Crippen molar-refractivity contribution in [2.45, 2.75) is 45.7 Å². The summed E-state index contributed by atoms with van der Waals surface area (Å²) in [5.41, 5.74) is 4.64. The molecule has 0 amide bonds. The lowest BCUT2D eigenvalue weighted by atomic mass is 9.89. The first kappa shape index (κ1) is 15.7. The SMILES string of the molecule is Cc1c2c(cc3c4c(c(=O)oc13)CCCC4)CN(Cc1ccco1)CO2. The van der Waals surface area contributed by atoms with E-state index in [1.54, 1.807) is 6.26 Å². The quantitative estimate of drug-likeness (QED) is 0.655. The predicted octanol–water partition coefficient (Wildman–Crippen LogP) is 3.93. The van der Waals surface area contributed by atoms with Crippen LogP contribution in [-0.4, -0.2) is 11.6 Å². The van der Waals surface area contributed by atoms with E-state index in [9.17, 15) is 4.79 Å². The van der Waals surface area contributed by atoms with Crippen LogP contribution in [0.5, 0.6) is 5.75 Å². The monoisotopic (exact) mass is 351 g/mol. The first-order valence-electron chi connectivity index (χ1n) is 9.19. The Labute approximate surface area is 151 Å². The molecule has 0 N–H and O–H groups in total. The normalized spacial score (nSPS) is 17.0. The fraction of sp³-hybridized carbons (Fsp3) is 0.381. The molecule has 0 bridgehead atoms. The molecule has 1 aliphatic carbocycles. The summed E-state index contributed by atoms with van der Waals surface area (Å²) in [4.78, 5) is 14.6. The van der Waals surface area contributed by atoms with Gasteiger partial charge in [-0.05, 0) is 56.4 Å². The van der Waals surface area contributed by atoms with Crippen molar-refractivity contribution in [2.24, 2.45) is 0 Å². The lowest BCUT2D eigenvalue weighted by Gasteiger charge is -2.30. The van der Waals surface area contributed by atoms with Gasteiger partial charge in [0.15, 0.2) is 0 Å². The van der Waals surface area contributed by atoms with Gasteiger partial charge in [-0.1, -0.05) is 0 Å². The van der Waals surface area contributed by atoms with Gasteiger partial charge in [-0.25, -0.2) is 4.79 Å². The summed E-state index contributed by atoms with van der Waals surface area (Å²) >= 11 is 0. The van der Waals surface area contributed by atoms with Crippen LogP contribution >= 0.6 is 0 Å². The maximum Gasteiger partial charge on any atom is 0.339 e. The second kappa shape index (κ2) is 6.02. The van der Waals surface area contributed by atoms with E-state index in [4.69, 9.17) is 13.6 Å². The number of fused-ring (bicyclic) bond motifs is 4. The van der Waals surface area contributed by atoms with E-state index in [0.717, 1.165) is 65.8 Å². The number of rotatable bonds is 2. The van der Waals surface area contributed by atoms with Crippen LogP contribution in [0.3, 0.4) is 0 Å². The molecule has 1 aromatic carbocycles. The molecule has 1 aliphatic heterocycles. The molecule has 5 rings (SSSR count). The van der Waals surface area contributed by atoms with Crippen molar-refractivity contribution in [1.82, 2.24) is 4.90 Å². The standard InChI is InChI=1S/C21H21NO4/c1-13-19-14(10-22(12-25-19)11-15-5-4-8-24-15)9-18-16-6-2-3-7-17(16)21(23)26-20(13)18/h4-5,8-9H,2-3,6-7,10-12H2,1H3. The third-order valence-electron chi connectivity index (χ3n) is 5.52. The van der Waals surface area contributed by atoms with E-state index in [-0.39, 0.29) is 5.63 Å². The van der Waals surface area contributed by atoms with Gasteiger partial charge in [0.1, 0.15) is 23.8 Å². The predicted molar refractivity (Wildman–Crippen MR) is 97.3 cm³/mol. The highest BCUT2D eigenvalue weighted by Crippen LogP contribution is 2.37. The first-order valence-corrected chi connectivity index (χ1v) is 9.19. The molecule has 3 aromatic rings. The third kappa shape index (κ3) is 2.46. The summed E-state index contributed by atoms with van der Waals surface area (Å²) in [6.45, 7) is 3.99. The maximum atomic E-state index is 12.4. The Morgan fingerprint density at radius 3 is 2.85 bits per heavy atom. The van der Waals surface area contributed by atoms with Gasteiger partial charge in [0.25, 0.3) is 0 Å². The number of benzene rings is 1. The van der Waals surface area contributed by atoms with E-state index < -0.39 is 0 Å². The number of aryl methyl sites for hydroxylation is 2. The highest BCUT2D eigenvalue weighted by Gasteiger charge is 2.25. The van der Waals surface area contributed by atoms with Crippen LogP contribution in [-0.2, 0) is 25.9 Å². The summed E-state index contributed by atoms with van der Waals surface area (Å²) in [5, 5.41) is 1.08. The summed E-state index contributed by atoms with van der Waals surface area (Å²) in [5.74, 6) is 1.78. The van der Waals surface area contributed by atoms with Gasteiger partial charge in [-0.2, -0.15) is 0 Å². The maximum absolute atomic E-state index is 12.4. The molecule has 3 heterocycles. The summed E-state index contributed by atoms with van der Waals surface area (Å²) in [7, 11) is 0. The number of hydrogen-bond acceptors (Lipinski definition) is 5. The summed E-state index contributed by atoms with van der Waals surface area (Å²) < 4.78 is 17.2. The van der Waals surface area contributed by atoms with Crippen molar-refractivity contribution >= 4 is 11.0 Å². The lowest BCUT2D eigenvalue weighted by Crippen LogP contribution is -2.31. The van der Waals surface area contributed by atoms with Gasteiger partial charge in [0.2, 0.25) is 0 Å². The molecular weight excluding hydrogens is 330 g/mol. The zero-order chi connectivity index (χ0) is 17.7.